The molecule has 0 unspecified atom stereocenters. The van der Waals surface area contributed by atoms with Crippen molar-refractivity contribution in [2.75, 3.05) is 31.2 Å². The third-order valence-electron chi connectivity index (χ3n) is 6.45. The number of rotatable bonds is 9. The Morgan fingerprint density at radius 3 is 2.42 bits per heavy atom. The molecule has 1 atom stereocenters. The van der Waals surface area contributed by atoms with Gasteiger partial charge in [-0.25, -0.2) is 9.79 Å². The molecule has 9 heteroatoms. The molecule has 2 heterocycles. The molecule has 0 saturated heterocycles. The number of phenolic OH excluding ortho intramolecular Hbond substituents is 1. The summed E-state index contributed by atoms with van der Waals surface area (Å²) in [5, 5.41) is 10.7. The Hall–Kier alpha value is -3.85. The summed E-state index contributed by atoms with van der Waals surface area (Å²) < 4.78 is 12.9. The van der Waals surface area contributed by atoms with Crippen LogP contribution in [0.5, 0.6) is 11.5 Å². The molecule has 0 saturated carbocycles. The first-order chi connectivity index (χ1) is 18.3. The molecule has 1 aliphatic rings. The minimum absolute atomic E-state index is 0.0895. The summed E-state index contributed by atoms with van der Waals surface area (Å²) in [6, 6.07) is 12.1. The van der Waals surface area contributed by atoms with Crippen molar-refractivity contribution in [3.05, 3.63) is 84.5 Å². The minimum Gasteiger partial charge on any atom is -0.507 e. The lowest BCUT2D eigenvalue weighted by atomic mass is 9.96. The summed E-state index contributed by atoms with van der Waals surface area (Å²) in [7, 11) is 0. The molecule has 1 N–H and O–H groups in total. The van der Waals surface area contributed by atoms with E-state index in [9.17, 15) is 14.7 Å². The van der Waals surface area contributed by atoms with Crippen molar-refractivity contribution in [3.63, 3.8) is 0 Å². The van der Waals surface area contributed by atoms with Gasteiger partial charge in [0.1, 0.15) is 11.5 Å². The fourth-order valence-corrected chi connectivity index (χ4v) is 5.64. The highest BCUT2D eigenvalue weighted by atomic mass is 32.1. The van der Waals surface area contributed by atoms with Gasteiger partial charge in [-0.2, -0.15) is 0 Å². The van der Waals surface area contributed by atoms with E-state index >= 15 is 0 Å². The number of benzene rings is 2. The molecule has 0 fully saturated rings. The number of carbonyl (C=O) groups is 1. The van der Waals surface area contributed by atoms with Crippen LogP contribution in [-0.2, 0) is 9.53 Å². The van der Waals surface area contributed by atoms with Gasteiger partial charge >= 0.3 is 5.97 Å². The van der Waals surface area contributed by atoms with E-state index in [2.05, 4.69) is 23.7 Å². The Labute approximate surface area is 225 Å². The van der Waals surface area contributed by atoms with Crippen LogP contribution in [-0.4, -0.2) is 41.9 Å². The van der Waals surface area contributed by atoms with Crippen molar-refractivity contribution in [3.8, 4) is 11.5 Å². The largest absolute Gasteiger partial charge is 0.507 e. The normalized spacial score (nSPS) is 15.2. The number of anilines is 1. The number of esters is 1. The summed E-state index contributed by atoms with van der Waals surface area (Å²) in [6.45, 7) is 11.9. The third kappa shape index (κ3) is 5.24. The highest BCUT2D eigenvalue weighted by Gasteiger charge is 2.33. The van der Waals surface area contributed by atoms with E-state index in [1.165, 1.54) is 15.9 Å². The first-order valence-corrected chi connectivity index (χ1v) is 13.6. The molecule has 4 rings (SSSR count). The van der Waals surface area contributed by atoms with Gasteiger partial charge < -0.3 is 19.5 Å². The summed E-state index contributed by atoms with van der Waals surface area (Å²) >= 11 is 1.22. The number of allylic oxidation sites excluding steroid dienone is 1. The van der Waals surface area contributed by atoms with Gasteiger partial charge in [0.15, 0.2) is 4.80 Å². The summed E-state index contributed by atoms with van der Waals surface area (Å²) in [5.74, 6) is 0.281. The van der Waals surface area contributed by atoms with E-state index in [0.29, 0.717) is 38.5 Å². The zero-order chi connectivity index (χ0) is 27.4. The Kier molecular flexibility index (Phi) is 8.36. The van der Waals surface area contributed by atoms with E-state index in [1.54, 1.807) is 32.1 Å². The van der Waals surface area contributed by atoms with Crippen LogP contribution in [0.15, 0.2) is 63.5 Å². The molecule has 1 aliphatic heterocycles. The second kappa shape index (κ2) is 11.7. The maximum atomic E-state index is 13.8. The van der Waals surface area contributed by atoms with Gasteiger partial charge in [-0.3, -0.25) is 9.36 Å². The van der Waals surface area contributed by atoms with Crippen LogP contribution in [0.1, 0.15) is 51.8 Å². The van der Waals surface area contributed by atoms with Gasteiger partial charge in [-0.05, 0) is 70.5 Å². The summed E-state index contributed by atoms with van der Waals surface area (Å²) in [4.78, 5) is 34.0. The quantitative estimate of drug-likeness (QED) is 0.420. The predicted octanol–water partition coefficient (Wildman–Crippen LogP) is 3.75. The highest BCUT2D eigenvalue weighted by molar-refractivity contribution is 7.07. The molecule has 0 amide bonds. The third-order valence-corrected chi connectivity index (χ3v) is 7.44. The van der Waals surface area contributed by atoms with E-state index < -0.39 is 12.0 Å². The van der Waals surface area contributed by atoms with E-state index in [4.69, 9.17) is 9.47 Å². The molecule has 8 nitrogen and oxygen atoms in total. The second-order valence-electron chi connectivity index (χ2n) is 8.72. The lowest BCUT2D eigenvalue weighted by Gasteiger charge is -2.24. The molecule has 0 spiro atoms. The Morgan fingerprint density at radius 2 is 1.82 bits per heavy atom. The Balaban J connectivity index is 1.86. The van der Waals surface area contributed by atoms with E-state index in [-0.39, 0.29) is 17.9 Å². The number of aromatic nitrogens is 1. The fourth-order valence-electron chi connectivity index (χ4n) is 4.60. The summed E-state index contributed by atoms with van der Waals surface area (Å²) in [6.07, 6.45) is 1.67. The number of fused-ring (bicyclic) bond motifs is 1. The maximum absolute atomic E-state index is 13.8. The van der Waals surface area contributed by atoms with E-state index in [1.807, 2.05) is 37.3 Å². The van der Waals surface area contributed by atoms with Gasteiger partial charge in [-0.1, -0.05) is 23.5 Å². The first kappa shape index (κ1) is 27.2. The van der Waals surface area contributed by atoms with Crippen molar-refractivity contribution in [2.45, 2.75) is 40.7 Å². The lowest BCUT2D eigenvalue weighted by molar-refractivity contribution is -0.139. The Morgan fingerprint density at radius 1 is 1.11 bits per heavy atom. The van der Waals surface area contributed by atoms with Gasteiger partial charge in [0.2, 0.25) is 0 Å². The molecule has 0 aliphatic carbocycles. The second-order valence-corrected chi connectivity index (χ2v) is 9.73. The number of aromatic hydroxyl groups is 1. The standard InChI is InChI=1S/C29H33N3O5S/c1-6-31(7-2)21-13-10-20(23(33)17-21)16-24-27(34)32-26(19-11-14-22(15-12-19)36-8-3)25(28(35)37-9-4)18(5)30-29(32)38-24/h10-17,26,33H,6-9H2,1-5H3/b24-16-/t26-/m1/s1. The van der Waals surface area contributed by atoms with Crippen LogP contribution in [0.2, 0.25) is 0 Å². The van der Waals surface area contributed by atoms with E-state index in [0.717, 1.165) is 24.3 Å². The molecule has 0 bridgehead atoms. The van der Waals surface area contributed by atoms with Crippen molar-refractivity contribution in [1.29, 1.82) is 0 Å². The van der Waals surface area contributed by atoms with Crippen LogP contribution >= 0.6 is 11.3 Å². The number of phenols is 1. The van der Waals surface area contributed by atoms with Crippen LogP contribution < -0.4 is 24.5 Å². The van der Waals surface area contributed by atoms with Crippen LogP contribution in [0.3, 0.4) is 0 Å². The zero-order valence-electron chi connectivity index (χ0n) is 22.4. The smallest absolute Gasteiger partial charge is 0.338 e. The molecule has 2 aromatic carbocycles. The highest BCUT2D eigenvalue weighted by Crippen LogP contribution is 2.32. The number of thiazole rings is 1. The van der Waals surface area contributed by atoms with Crippen molar-refractivity contribution < 1.29 is 19.4 Å². The first-order valence-electron chi connectivity index (χ1n) is 12.8. The minimum atomic E-state index is -0.707. The van der Waals surface area contributed by atoms with Crippen LogP contribution in [0.4, 0.5) is 5.69 Å². The van der Waals surface area contributed by atoms with Gasteiger partial charge in [0.05, 0.1) is 35.1 Å². The molecule has 3 aromatic rings. The average Bonchev–Trinajstić information content (AvgIpc) is 3.20. The molecule has 200 valence electrons. The molecule has 0 radical (unpaired) electrons. The molecule has 38 heavy (non-hydrogen) atoms. The predicted molar refractivity (Wildman–Crippen MR) is 150 cm³/mol. The molecule has 1 aromatic heterocycles. The van der Waals surface area contributed by atoms with Gasteiger partial charge in [0, 0.05) is 30.4 Å². The zero-order valence-corrected chi connectivity index (χ0v) is 23.2. The molecular formula is C29H33N3O5S. The van der Waals surface area contributed by atoms with Crippen molar-refractivity contribution in [1.82, 2.24) is 4.57 Å². The number of carbonyl (C=O) groups excluding carboxylic acids is 1. The summed E-state index contributed by atoms with van der Waals surface area (Å²) in [5.41, 5.74) is 2.71. The number of ether oxygens (including phenoxy) is 2. The van der Waals surface area contributed by atoms with Crippen molar-refractivity contribution in [2.24, 2.45) is 4.99 Å². The van der Waals surface area contributed by atoms with Crippen LogP contribution in [0, 0.1) is 0 Å². The average molecular weight is 536 g/mol. The number of nitrogens with zero attached hydrogens (tertiary/aromatic N) is 3. The topological polar surface area (TPSA) is 93.4 Å². The Bertz CT molecular complexity index is 1530. The fraction of sp³-hybridized carbons (Fsp3) is 0.345. The van der Waals surface area contributed by atoms with Crippen molar-refractivity contribution >= 4 is 29.1 Å². The number of hydrogen-bond donors (Lipinski definition) is 1. The SMILES string of the molecule is CCOC(=O)C1=C(C)N=c2s/c(=C\c3ccc(N(CC)CC)cc3O)c(=O)n2[C@@H]1c1ccc(OCC)cc1. The lowest BCUT2D eigenvalue weighted by Crippen LogP contribution is -2.39. The number of hydrogen-bond acceptors (Lipinski definition) is 8. The van der Waals surface area contributed by atoms with Gasteiger partial charge in [0.25, 0.3) is 5.56 Å². The monoisotopic (exact) mass is 535 g/mol. The van der Waals surface area contributed by atoms with Crippen LogP contribution in [0.25, 0.3) is 6.08 Å². The molecular weight excluding hydrogens is 502 g/mol. The van der Waals surface area contributed by atoms with Gasteiger partial charge in [-0.15, -0.1) is 0 Å². The maximum Gasteiger partial charge on any atom is 0.338 e.